The molecule has 0 aliphatic heterocycles. The van der Waals surface area contributed by atoms with Crippen LogP contribution in [0.1, 0.15) is 43.0 Å². The average Bonchev–Trinajstić information content (AvgIpc) is 2.23. The molecule has 0 atom stereocenters. The van der Waals surface area contributed by atoms with Crippen molar-refractivity contribution in [3.8, 4) is 5.75 Å². The molecule has 1 aliphatic rings. The molecule has 4 heteroatoms. The number of aromatic hydroxyl groups is 1. The molecule has 0 heterocycles. The van der Waals surface area contributed by atoms with Gasteiger partial charge in [-0.05, 0) is 37.8 Å². The highest BCUT2D eigenvalue weighted by molar-refractivity contribution is 5.97. The second-order valence-corrected chi connectivity index (χ2v) is 4.58. The Kier molecular flexibility index (Phi) is 3.05. The van der Waals surface area contributed by atoms with E-state index in [4.69, 9.17) is 0 Å². The maximum absolute atomic E-state index is 13.5. The average molecular weight is 237 g/mol. The Labute approximate surface area is 99.7 Å². The van der Waals surface area contributed by atoms with Crippen LogP contribution in [0.2, 0.25) is 0 Å². The lowest BCUT2D eigenvalue weighted by molar-refractivity contribution is 0.0813. The van der Waals surface area contributed by atoms with Gasteiger partial charge in [0.05, 0.1) is 0 Å². The third-order valence-corrected chi connectivity index (χ3v) is 3.58. The number of carbonyl (C=O) groups excluding carboxylic acids is 1. The molecule has 0 spiro atoms. The van der Waals surface area contributed by atoms with Gasteiger partial charge in [-0.2, -0.15) is 0 Å². The maximum atomic E-state index is 13.5. The van der Waals surface area contributed by atoms with Crippen molar-refractivity contribution < 1.29 is 14.3 Å². The molecular weight excluding hydrogens is 221 g/mol. The first-order valence-electron chi connectivity index (χ1n) is 5.88. The van der Waals surface area contributed by atoms with E-state index >= 15 is 0 Å². The molecule has 17 heavy (non-hydrogen) atoms. The molecule has 0 saturated heterocycles. The third kappa shape index (κ3) is 2.12. The van der Waals surface area contributed by atoms with E-state index in [9.17, 15) is 14.3 Å². The van der Waals surface area contributed by atoms with Crippen LogP contribution in [0.4, 0.5) is 4.39 Å². The minimum atomic E-state index is -0.687. The van der Waals surface area contributed by atoms with Crippen molar-refractivity contribution >= 4 is 5.91 Å². The van der Waals surface area contributed by atoms with Gasteiger partial charge in [0.2, 0.25) is 0 Å². The summed E-state index contributed by atoms with van der Waals surface area (Å²) in [6.45, 7) is 2.00. The van der Waals surface area contributed by atoms with E-state index in [1.165, 1.54) is 18.2 Å². The molecule has 1 aromatic rings. The second-order valence-electron chi connectivity index (χ2n) is 4.58. The van der Waals surface area contributed by atoms with Crippen LogP contribution >= 0.6 is 0 Å². The highest BCUT2D eigenvalue weighted by atomic mass is 19.1. The number of halogens is 1. The number of rotatable bonds is 3. The number of carbonyl (C=O) groups is 1. The Bertz CT molecular complexity index is 415. The zero-order valence-corrected chi connectivity index (χ0v) is 9.79. The van der Waals surface area contributed by atoms with E-state index in [1.807, 2.05) is 6.92 Å². The smallest absolute Gasteiger partial charge is 0.258 e. The Hall–Kier alpha value is -1.58. The summed E-state index contributed by atoms with van der Waals surface area (Å²) in [6.07, 6.45) is 3.75. The lowest BCUT2D eigenvalue weighted by Crippen LogP contribution is -2.53. The number of hydrogen-bond acceptors (Lipinski definition) is 2. The first-order chi connectivity index (χ1) is 8.08. The Morgan fingerprint density at radius 2 is 2.24 bits per heavy atom. The second kappa shape index (κ2) is 4.35. The zero-order valence-electron chi connectivity index (χ0n) is 9.79. The van der Waals surface area contributed by atoms with E-state index in [-0.39, 0.29) is 16.9 Å². The molecule has 1 aromatic carbocycles. The van der Waals surface area contributed by atoms with E-state index < -0.39 is 11.7 Å². The van der Waals surface area contributed by atoms with Gasteiger partial charge in [0.25, 0.3) is 5.91 Å². The van der Waals surface area contributed by atoms with Gasteiger partial charge in [0.15, 0.2) is 0 Å². The van der Waals surface area contributed by atoms with E-state index in [1.54, 1.807) is 0 Å². The molecule has 0 unspecified atom stereocenters. The SMILES string of the molecule is CCC1(NC(=O)c2c(O)cccc2F)CCC1. The monoisotopic (exact) mass is 237 g/mol. The van der Waals surface area contributed by atoms with Crippen LogP contribution in [0, 0.1) is 5.82 Å². The fourth-order valence-electron chi connectivity index (χ4n) is 2.21. The molecule has 1 saturated carbocycles. The molecule has 1 fully saturated rings. The fourth-order valence-corrected chi connectivity index (χ4v) is 2.21. The molecular formula is C13H16FNO2. The summed E-state index contributed by atoms with van der Waals surface area (Å²) in [5.74, 6) is -1.52. The highest BCUT2D eigenvalue weighted by Gasteiger charge is 2.37. The van der Waals surface area contributed by atoms with E-state index in [2.05, 4.69) is 5.32 Å². The number of benzene rings is 1. The quantitative estimate of drug-likeness (QED) is 0.849. The molecule has 2 N–H and O–H groups in total. The van der Waals surface area contributed by atoms with Gasteiger partial charge in [-0.3, -0.25) is 4.79 Å². The minimum absolute atomic E-state index is 0.203. The molecule has 1 amide bonds. The number of phenolic OH excluding ortho intramolecular Hbond substituents is 1. The van der Waals surface area contributed by atoms with Crippen LogP contribution in [0.5, 0.6) is 5.75 Å². The van der Waals surface area contributed by atoms with Gasteiger partial charge in [-0.1, -0.05) is 13.0 Å². The van der Waals surface area contributed by atoms with Crippen LogP contribution in [0.15, 0.2) is 18.2 Å². The maximum Gasteiger partial charge on any atom is 0.258 e. The van der Waals surface area contributed by atoms with Gasteiger partial charge in [0, 0.05) is 5.54 Å². The van der Waals surface area contributed by atoms with Crippen LogP contribution in [0.25, 0.3) is 0 Å². The number of hydrogen-bond donors (Lipinski definition) is 2. The summed E-state index contributed by atoms with van der Waals surface area (Å²) in [6, 6.07) is 3.87. The fraction of sp³-hybridized carbons (Fsp3) is 0.462. The standard InChI is InChI=1S/C13H16FNO2/c1-2-13(7-4-8-13)15-12(17)11-9(14)5-3-6-10(11)16/h3,5-6,16H,2,4,7-8H2,1H3,(H,15,17). The van der Waals surface area contributed by atoms with Gasteiger partial charge in [0.1, 0.15) is 17.1 Å². The van der Waals surface area contributed by atoms with Crippen LogP contribution in [0.3, 0.4) is 0 Å². The lowest BCUT2D eigenvalue weighted by Gasteiger charge is -2.42. The van der Waals surface area contributed by atoms with Crippen LogP contribution in [-0.4, -0.2) is 16.6 Å². The van der Waals surface area contributed by atoms with Crippen molar-refractivity contribution in [2.75, 3.05) is 0 Å². The Balaban J connectivity index is 2.20. The molecule has 0 radical (unpaired) electrons. The topological polar surface area (TPSA) is 49.3 Å². The van der Waals surface area contributed by atoms with Crippen LogP contribution in [-0.2, 0) is 0 Å². The van der Waals surface area contributed by atoms with Gasteiger partial charge >= 0.3 is 0 Å². The van der Waals surface area contributed by atoms with Crippen LogP contribution < -0.4 is 5.32 Å². The third-order valence-electron chi connectivity index (χ3n) is 3.58. The van der Waals surface area contributed by atoms with E-state index in [0.29, 0.717) is 0 Å². The van der Waals surface area contributed by atoms with Crippen molar-refractivity contribution in [2.24, 2.45) is 0 Å². The predicted octanol–water partition coefficient (Wildman–Crippen LogP) is 2.59. The summed E-state index contributed by atoms with van der Waals surface area (Å²) in [5.41, 5.74) is -0.460. The molecule has 3 nitrogen and oxygen atoms in total. The van der Waals surface area contributed by atoms with Gasteiger partial charge in [-0.15, -0.1) is 0 Å². The summed E-state index contributed by atoms with van der Waals surface area (Å²) in [5, 5.41) is 12.4. The zero-order chi connectivity index (χ0) is 12.5. The van der Waals surface area contributed by atoms with Gasteiger partial charge < -0.3 is 10.4 Å². The van der Waals surface area contributed by atoms with Crippen molar-refractivity contribution in [3.05, 3.63) is 29.6 Å². The summed E-state index contributed by atoms with van der Waals surface area (Å²) in [4.78, 5) is 11.9. The first-order valence-corrected chi connectivity index (χ1v) is 5.88. The molecule has 1 aliphatic carbocycles. The largest absolute Gasteiger partial charge is 0.507 e. The Morgan fingerprint density at radius 1 is 1.53 bits per heavy atom. The molecule has 2 rings (SSSR count). The highest BCUT2D eigenvalue weighted by Crippen LogP contribution is 2.35. The molecule has 92 valence electrons. The number of nitrogens with one attached hydrogen (secondary N) is 1. The van der Waals surface area contributed by atoms with Crippen molar-refractivity contribution in [1.29, 1.82) is 0 Å². The molecule has 0 aromatic heterocycles. The summed E-state index contributed by atoms with van der Waals surface area (Å²) < 4.78 is 13.5. The Morgan fingerprint density at radius 3 is 2.71 bits per heavy atom. The molecule has 0 bridgehead atoms. The number of phenols is 1. The predicted molar refractivity (Wildman–Crippen MR) is 62.4 cm³/mol. The van der Waals surface area contributed by atoms with Crippen molar-refractivity contribution in [1.82, 2.24) is 5.32 Å². The normalized spacial score (nSPS) is 17.3. The summed E-state index contributed by atoms with van der Waals surface area (Å²) >= 11 is 0. The summed E-state index contributed by atoms with van der Waals surface area (Å²) in [7, 11) is 0. The minimum Gasteiger partial charge on any atom is -0.507 e. The van der Waals surface area contributed by atoms with Crippen molar-refractivity contribution in [2.45, 2.75) is 38.1 Å². The van der Waals surface area contributed by atoms with Gasteiger partial charge in [-0.25, -0.2) is 4.39 Å². The first kappa shape index (κ1) is 11.9. The van der Waals surface area contributed by atoms with Crippen molar-refractivity contribution in [3.63, 3.8) is 0 Å². The number of amides is 1. The van der Waals surface area contributed by atoms with E-state index in [0.717, 1.165) is 25.7 Å². The lowest BCUT2D eigenvalue weighted by atomic mass is 9.74.